The lowest BCUT2D eigenvalue weighted by molar-refractivity contribution is -0.117. The highest BCUT2D eigenvalue weighted by molar-refractivity contribution is 7.71. The van der Waals surface area contributed by atoms with Crippen LogP contribution in [0.3, 0.4) is 0 Å². The first kappa shape index (κ1) is 12.9. The van der Waals surface area contributed by atoms with Crippen LogP contribution in [0.5, 0.6) is 5.75 Å². The number of carbonyl (C=O) groups excluding carboxylic acids is 1. The number of H-pyrrole nitrogens is 1. The third-order valence-electron chi connectivity index (χ3n) is 3.31. The van der Waals surface area contributed by atoms with Gasteiger partial charge in [0.15, 0.2) is 0 Å². The Bertz CT molecular complexity index is 677. The summed E-state index contributed by atoms with van der Waals surface area (Å²) in [4.78, 5) is 14.1. The fraction of sp³-hybridized carbons (Fsp3) is 0.308. The van der Waals surface area contributed by atoms with Crippen LogP contribution in [-0.2, 0) is 4.79 Å². The van der Waals surface area contributed by atoms with E-state index in [1.165, 1.54) is 0 Å². The molecular weight excluding hydrogens is 278 g/mol. The zero-order chi connectivity index (χ0) is 14.1. The average molecular weight is 291 g/mol. The normalized spacial score (nSPS) is 18.6. The summed E-state index contributed by atoms with van der Waals surface area (Å²) in [5.41, 5.74) is 0.840. The largest absolute Gasteiger partial charge is 0.497 e. The molecule has 3 rings (SSSR count). The summed E-state index contributed by atoms with van der Waals surface area (Å²) in [5, 5.41) is 6.57. The number of carbonyl (C=O) groups is 1. The Labute approximate surface area is 120 Å². The van der Waals surface area contributed by atoms with E-state index >= 15 is 0 Å². The third-order valence-corrected chi connectivity index (χ3v) is 3.49. The Balaban J connectivity index is 1.81. The van der Waals surface area contributed by atoms with Gasteiger partial charge in [0.25, 0.3) is 4.84 Å². The Morgan fingerprint density at radius 2 is 2.20 bits per heavy atom. The van der Waals surface area contributed by atoms with E-state index in [2.05, 4.69) is 10.2 Å². The van der Waals surface area contributed by atoms with E-state index in [1.54, 1.807) is 12.0 Å². The molecule has 1 saturated heterocycles. The number of anilines is 1. The Morgan fingerprint density at radius 3 is 2.80 bits per heavy atom. The first-order valence-electron chi connectivity index (χ1n) is 6.17. The lowest BCUT2D eigenvalue weighted by atomic mass is 10.1. The van der Waals surface area contributed by atoms with E-state index in [4.69, 9.17) is 21.4 Å². The van der Waals surface area contributed by atoms with E-state index in [9.17, 15) is 4.79 Å². The molecule has 1 aromatic carbocycles. The van der Waals surface area contributed by atoms with Crippen molar-refractivity contribution < 1.29 is 13.9 Å². The van der Waals surface area contributed by atoms with Crippen molar-refractivity contribution in [3.05, 3.63) is 35.0 Å². The number of hydrogen-bond acceptors (Lipinski definition) is 5. The predicted molar refractivity (Wildman–Crippen MR) is 74.4 cm³/mol. The zero-order valence-electron chi connectivity index (χ0n) is 10.8. The Morgan fingerprint density at radius 1 is 1.45 bits per heavy atom. The van der Waals surface area contributed by atoms with Crippen LogP contribution < -0.4 is 9.64 Å². The smallest absolute Gasteiger partial charge is 0.284 e. The second-order valence-corrected chi connectivity index (χ2v) is 4.93. The molecule has 0 radical (unpaired) electrons. The first-order valence-corrected chi connectivity index (χ1v) is 6.58. The summed E-state index contributed by atoms with van der Waals surface area (Å²) in [6.07, 6.45) is 0.370. The topological polar surface area (TPSA) is 71.4 Å². The molecule has 1 aliphatic rings. The van der Waals surface area contributed by atoms with Crippen LogP contribution in [0.1, 0.15) is 18.2 Å². The molecule has 0 spiro atoms. The van der Waals surface area contributed by atoms with Crippen LogP contribution in [0.2, 0.25) is 0 Å². The van der Waals surface area contributed by atoms with Gasteiger partial charge in [0.2, 0.25) is 11.8 Å². The number of aromatic nitrogens is 2. The van der Waals surface area contributed by atoms with Gasteiger partial charge in [-0.3, -0.25) is 4.79 Å². The molecule has 1 fully saturated rings. The number of benzene rings is 1. The Hall–Kier alpha value is -2.15. The molecule has 1 aromatic heterocycles. The van der Waals surface area contributed by atoms with Gasteiger partial charge in [0, 0.05) is 18.7 Å². The minimum atomic E-state index is -0.0717. The number of aromatic amines is 1. The number of ether oxygens (including phenoxy) is 1. The summed E-state index contributed by atoms with van der Waals surface area (Å²) in [7, 11) is 1.61. The van der Waals surface area contributed by atoms with Crippen molar-refractivity contribution in [1.82, 2.24) is 10.2 Å². The molecule has 7 heteroatoms. The van der Waals surface area contributed by atoms with Crippen LogP contribution in [0, 0.1) is 4.84 Å². The molecule has 1 amide bonds. The zero-order valence-corrected chi connectivity index (χ0v) is 11.6. The van der Waals surface area contributed by atoms with Crippen LogP contribution in [0.4, 0.5) is 5.69 Å². The van der Waals surface area contributed by atoms with Crippen molar-refractivity contribution in [2.24, 2.45) is 0 Å². The van der Waals surface area contributed by atoms with Gasteiger partial charge in [-0.15, -0.1) is 5.10 Å². The van der Waals surface area contributed by atoms with E-state index in [-0.39, 0.29) is 16.7 Å². The predicted octanol–water partition coefficient (Wildman–Crippen LogP) is 2.26. The van der Waals surface area contributed by atoms with Crippen molar-refractivity contribution in [2.75, 3.05) is 18.6 Å². The molecule has 0 aliphatic carbocycles. The fourth-order valence-corrected chi connectivity index (χ4v) is 2.43. The number of methoxy groups -OCH3 is 1. The summed E-state index contributed by atoms with van der Waals surface area (Å²) >= 11 is 4.85. The van der Waals surface area contributed by atoms with Gasteiger partial charge in [0.05, 0.1) is 13.0 Å². The first-order chi connectivity index (χ1) is 9.67. The molecular formula is C13H13N3O3S. The number of amides is 1. The highest BCUT2D eigenvalue weighted by atomic mass is 32.1. The molecule has 2 aromatic rings. The molecule has 0 saturated carbocycles. The molecule has 1 N–H and O–H groups in total. The number of hydrogen-bond donors (Lipinski definition) is 1. The van der Waals surface area contributed by atoms with Crippen molar-refractivity contribution in [2.45, 2.75) is 12.3 Å². The van der Waals surface area contributed by atoms with Crippen LogP contribution in [0.25, 0.3) is 0 Å². The molecule has 104 valence electrons. The fourth-order valence-electron chi connectivity index (χ4n) is 2.30. The quantitative estimate of drug-likeness (QED) is 0.878. The number of rotatable bonds is 3. The minimum absolute atomic E-state index is 0.0456. The monoisotopic (exact) mass is 291 g/mol. The second kappa shape index (κ2) is 5.09. The molecule has 0 unspecified atom stereocenters. The summed E-state index contributed by atoms with van der Waals surface area (Å²) < 4.78 is 10.4. The van der Waals surface area contributed by atoms with Gasteiger partial charge in [-0.05, 0) is 36.5 Å². The van der Waals surface area contributed by atoms with Crippen molar-refractivity contribution >= 4 is 23.8 Å². The summed E-state index contributed by atoms with van der Waals surface area (Å²) in [5.74, 6) is 1.22. The average Bonchev–Trinajstić information content (AvgIpc) is 3.05. The van der Waals surface area contributed by atoms with Gasteiger partial charge in [-0.25, -0.2) is 5.10 Å². The number of nitrogens with zero attached hydrogens (tertiary/aromatic N) is 2. The molecule has 0 bridgehead atoms. The van der Waals surface area contributed by atoms with Gasteiger partial charge in [0.1, 0.15) is 5.75 Å². The van der Waals surface area contributed by atoms with Crippen LogP contribution >= 0.6 is 12.2 Å². The van der Waals surface area contributed by atoms with E-state index in [0.29, 0.717) is 18.9 Å². The van der Waals surface area contributed by atoms with E-state index in [0.717, 1.165) is 11.4 Å². The molecule has 20 heavy (non-hydrogen) atoms. The van der Waals surface area contributed by atoms with Crippen molar-refractivity contribution in [3.8, 4) is 5.75 Å². The highest BCUT2D eigenvalue weighted by Crippen LogP contribution is 2.31. The van der Waals surface area contributed by atoms with E-state index in [1.807, 2.05) is 24.3 Å². The van der Waals surface area contributed by atoms with Crippen molar-refractivity contribution in [1.29, 1.82) is 0 Å². The SMILES string of the molecule is COc1ccc(N2C[C@H](c3n[nH]c(=S)o3)CC2=O)cc1. The number of nitrogens with one attached hydrogen (secondary N) is 1. The lowest BCUT2D eigenvalue weighted by Crippen LogP contribution is -2.24. The van der Waals surface area contributed by atoms with E-state index < -0.39 is 0 Å². The summed E-state index contributed by atoms with van der Waals surface area (Å²) in [6.45, 7) is 0.536. The standard InChI is InChI=1S/C13H13N3O3S/c1-18-10-4-2-9(3-5-10)16-7-8(6-11(16)17)12-14-15-13(20)19-12/h2-5,8H,6-7H2,1H3,(H,15,20)/t8-/m1/s1. The maximum atomic E-state index is 12.1. The third kappa shape index (κ3) is 2.32. The van der Waals surface area contributed by atoms with Gasteiger partial charge < -0.3 is 14.1 Å². The van der Waals surface area contributed by atoms with Gasteiger partial charge in [-0.2, -0.15) is 0 Å². The second-order valence-electron chi connectivity index (χ2n) is 4.55. The van der Waals surface area contributed by atoms with Gasteiger partial charge >= 0.3 is 0 Å². The van der Waals surface area contributed by atoms with Crippen LogP contribution in [-0.4, -0.2) is 29.8 Å². The van der Waals surface area contributed by atoms with Gasteiger partial charge in [-0.1, -0.05) is 0 Å². The maximum absolute atomic E-state index is 12.1. The Kier molecular flexibility index (Phi) is 3.27. The lowest BCUT2D eigenvalue weighted by Gasteiger charge is -2.16. The summed E-state index contributed by atoms with van der Waals surface area (Å²) in [6, 6.07) is 7.38. The molecule has 6 nitrogen and oxygen atoms in total. The molecule has 1 atom stereocenters. The van der Waals surface area contributed by atoms with Crippen molar-refractivity contribution in [3.63, 3.8) is 0 Å². The molecule has 2 heterocycles. The molecule has 1 aliphatic heterocycles. The highest BCUT2D eigenvalue weighted by Gasteiger charge is 2.34. The maximum Gasteiger partial charge on any atom is 0.284 e. The van der Waals surface area contributed by atoms with Crippen LogP contribution in [0.15, 0.2) is 28.7 Å². The minimum Gasteiger partial charge on any atom is -0.497 e.